The van der Waals surface area contributed by atoms with Crippen LogP contribution in [0.3, 0.4) is 0 Å². The first kappa shape index (κ1) is 25.0. The van der Waals surface area contributed by atoms with Gasteiger partial charge in [0.05, 0.1) is 10.6 Å². The summed E-state index contributed by atoms with van der Waals surface area (Å²) in [4.78, 5) is 15.5. The number of carbonyl (C=O) groups is 1. The number of aliphatic hydroxyl groups excluding tert-OH is 1. The normalized spacial score (nSPS) is 19.5. The second-order valence-corrected chi connectivity index (χ2v) is 9.92. The van der Waals surface area contributed by atoms with E-state index in [9.17, 15) is 15.2 Å². The second-order valence-electron chi connectivity index (χ2n) is 9.51. The number of halogens is 1. The van der Waals surface area contributed by atoms with Gasteiger partial charge in [0.1, 0.15) is 17.6 Å². The lowest BCUT2D eigenvalue weighted by Gasteiger charge is -2.57. The van der Waals surface area contributed by atoms with Crippen LogP contribution in [0.2, 0.25) is 5.02 Å². The average Bonchev–Trinajstić information content (AvgIpc) is 2.78. The summed E-state index contributed by atoms with van der Waals surface area (Å²) in [5.41, 5.74) is 0.522. The minimum absolute atomic E-state index is 0.0115. The maximum atomic E-state index is 13.1. The molecule has 2 N–H and O–H groups in total. The van der Waals surface area contributed by atoms with E-state index < -0.39 is 0 Å². The molecule has 1 saturated heterocycles. The fraction of sp³-hybridized carbons (Fsp3) is 0.462. The highest BCUT2D eigenvalue weighted by atomic mass is 35.5. The van der Waals surface area contributed by atoms with Gasteiger partial charge in [-0.3, -0.25) is 9.69 Å². The van der Waals surface area contributed by atoms with Crippen LogP contribution in [0.5, 0.6) is 11.5 Å². The SMILES string of the molecule is CC1(C)C(NC(=O)c2ccc(Oc3ccccc3C#N)c(Cl)c2)CCN(CCCO)C1(C)C. The van der Waals surface area contributed by atoms with Crippen LogP contribution in [0.15, 0.2) is 42.5 Å². The highest BCUT2D eigenvalue weighted by Gasteiger charge is 2.50. The van der Waals surface area contributed by atoms with E-state index in [0.29, 0.717) is 27.6 Å². The van der Waals surface area contributed by atoms with Crippen molar-refractivity contribution in [3.05, 3.63) is 58.6 Å². The van der Waals surface area contributed by atoms with E-state index in [4.69, 9.17) is 16.3 Å². The number of likely N-dealkylation sites (tertiary alicyclic amines) is 1. The maximum absolute atomic E-state index is 13.1. The number of nitrogens with zero attached hydrogens (tertiary/aromatic N) is 2. The van der Waals surface area contributed by atoms with Gasteiger partial charge in [0.15, 0.2) is 0 Å². The number of ether oxygens (including phenoxy) is 1. The van der Waals surface area contributed by atoms with Gasteiger partial charge < -0.3 is 15.2 Å². The lowest BCUT2D eigenvalue weighted by atomic mass is 9.64. The molecular formula is C26H32ClN3O3. The summed E-state index contributed by atoms with van der Waals surface area (Å²) in [7, 11) is 0. The number of nitriles is 1. The van der Waals surface area contributed by atoms with Crippen molar-refractivity contribution in [2.75, 3.05) is 19.7 Å². The average molecular weight is 470 g/mol. The Hall–Kier alpha value is -2.59. The highest BCUT2D eigenvalue weighted by Crippen LogP contribution is 2.43. The van der Waals surface area contributed by atoms with Crippen molar-refractivity contribution in [1.29, 1.82) is 5.26 Å². The molecule has 0 saturated carbocycles. The number of rotatable bonds is 7. The Morgan fingerprint density at radius 1 is 1.24 bits per heavy atom. The summed E-state index contributed by atoms with van der Waals surface area (Å²) in [5.74, 6) is 0.615. The van der Waals surface area contributed by atoms with Gasteiger partial charge in [0, 0.05) is 42.3 Å². The fourth-order valence-corrected chi connectivity index (χ4v) is 4.62. The van der Waals surface area contributed by atoms with Crippen LogP contribution >= 0.6 is 11.6 Å². The Balaban J connectivity index is 1.73. The predicted octanol–water partition coefficient (Wildman–Crippen LogP) is 5.00. The van der Waals surface area contributed by atoms with Crippen molar-refractivity contribution in [2.24, 2.45) is 5.41 Å². The van der Waals surface area contributed by atoms with Crippen LogP contribution in [-0.2, 0) is 0 Å². The van der Waals surface area contributed by atoms with Crippen LogP contribution in [-0.4, -0.2) is 47.2 Å². The smallest absolute Gasteiger partial charge is 0.251 e. The van der Waals surface area contributed by atoms with Crippen LogP contribution in [0.4, 0.5) is 0 Å². The number of hydrogen-bond acceptors (Lipinski definition) is 5. The summed E-state index contributed by atoms with van der Waals surface area (Å²) in [6, 6.07) is 13.9. The lowest BCUT2D eigenvalue weighted by Crippen LogP contribution is -2.66. The summed E-state index contributed by atoms with van der Waals surface area (Å²) >= 11 is 6.42. The molecule has 0 aromatic heterocycles. The molecule has 33 heavy (non-hydrogen) atoms. The van der Waals surface area contributed by atoms with Gasteiger partial charge in [-0.2, -0.15) is 5.26 Å². The molecule has 0 aliphatic carbocycles. The first-order valence-corrected chi connectivity index (χ1v) is 11.6. The molecule has 2 aromatic rings. The van der Waals surface area contributed by atoms with Gasteiger partial charge >= 0.3 is 0 Å². The number of para-hydroxylation sites is 1. The molecule has 176 valence electrons. The number of piperidine rings is 1. The molecule has 1 aliphatic rings. The molecular weight excluding hydrogens is 438 g/mol. The maximum Gasteiger partial charge on any atom is 0.251 e. The van der Waals surface area contributed by atoms with Crippen LogP contribution in [0, 0.1) is 16.7 Å². The molecule has 1 heterocycles. The largest absolute Gasteiger partial charge is 0.454 e. The lowest BCUT2D eigenvalue weighted by molar-refractivity contribution is -0.0534. The van der Waals surface area contributed by atoms with Gasteiger partial charge in [0.25, 0.3) is 5.91 Å². The molecule has 1 aliphatic heterocycles. The molecule has 7 heteroatoms. The van der Waals surface area contributed by atoms with Crippen LogP contribution in [0.1, 0.15) is 56.5 Å². The molecule has 1 unspecified atom stereocenters. The Morgan fingerprint density at radius 3 is 2.64 bits per heavy atom. The Kier molecular flexibility index (Phi) is 7.69. The summed E-state index contributed by atoms with van der Waals surface area (Å²) in [6.07, 6.45) is 1.57. The third kappa shape index (κ3) is 5.16. The van der Waals surface area contributed by atoms with E-state index in [1.807, 2.05) is 0 Å². The zero-order valence-electron chi connectivity index (χ0n) is 19.7. The van der Waals surface area contributed by atoms with E-state index in [1.165, 1.54) is 0 Å². The van der Waals surface area contributed by atoms with E-state index in [-0.39, 0.29) is 29.5 Å². The molecule has 1 fully saturated rings. The van der Waals surface area contributed by atoms with Crippen molar-refractivity contribution in [2.45, 2.75) is 52.1 Å². The predicted molar refractivity (Wildman–Crippen MR) is 130 cm³/mol. The van der Waals surface area contributed by atoms with Crippen molar-refractivity contribution in [3.63, 3.8) is 0 Å². The van der Waals surface area contributed by atoms with Crippen LogP contribution < -0.4 is 10.1 Å². The quantitative estimate of drug-likeness (QED) is 0.596. The van der Waals surface area contributed by atoms with E-state index in [2.05, 4.69) is 44.0 Å². The first-order chi connectivity index (χ1) is 15.6. The van der Waals surface area contributed by atoms with Crippen molar-refractivity contribution >= 4 is 17.5 Å². The second kappa shape index (κ2) is 10.1. The number of nitrogens with one attached hydrogen (secondary N) is 1. The Labute approximate surface area is 201 Å². The van der Waals surface area contributed by atoms with E-state index >= 15 is 0 Å². The first-order valence-electron chi connectivity index (χ1n) is 11.2. The Morgan fingerprint density at radius 2 is 1.97 bits per heavy atom. The van der Waals surface area contributed by atoms with Crippen LogP contribution in [0.25, 0.3) is 0 Å². The molecule has 0 spiro atoms. The molecule has 6 nitrogen and oxygen atoms in total. The molecule has 2 aromatic carbocycles. The topological polar surface area (TPSA) is 85.6 Å². The van der Waals surface area contributed by atoms with Crippen molar-refractivity contribution in [1.82, 2.24) is 10.2 Å². The minimum atomic E-state index is -0.190. The number of amides is 1. The standard InChI is InChI=1S/C26H32ClN3O3/c1-25(2)23(12-14-30(13-7-15-31)26(25,3)4)29-24(32)18-10-11-22(20(27)16-18)33-21-9-6-5-8-19(21)17-28/h5-6,8-11,16,23,31H,7,12-15H2,1-4H3,(H,29,32). The Bertz CT molecular complexity index is 1050. The fourth-order valence-electron chi connectivity index (χ4n) is 4.40. The van der Waals surface area contributed by atoms with E-state index in [1.54, 1.807) is 42.5 Å². The third-order valence-corrected chi connectivity index (χ3v) is 7.53. The van der Waals surface area contributed by atoms with Crippen molar-refractivity contribution < 1.29 is 14.6 Å². The van der Waals surface area contributed by atoms with Gasteiger partial charge in [-0.15, -0.1) is 0 Å². The zero-order valence-corrected chi connectivity index (χ0v) is 20.4. The summed E-state index contributed by atoms with van der Waals surface area (Å²) < 4.78 is 5.81. The number of benzene rings is 2. The minimum Gasteiger partial charge on any atom is -0.454 e. The van der Waals surface area contributed by atoms with Crippen molar-refractivity contribution in [3.8, 4) is 17.6 Å². The van der Waals surface area contributed by atoms with Gasteiger partial charge in [-0.1, -0.05) is 37.6 Å². The monoisotopic (exact) mass is 469 g/mol. The molecule has 3 rings (SSSR count). The third-order valence-electron chi connectivity index (χ3n) is 7.24. The van der Waals surface area contributed by atoms with E-state index in [0.717, 1.165) is 25.9 Å². The summed E-state index contributed by atoms with van der Waals surface area (Å²) in [5, 5.41) is 22.0. The number of hydrogen-bond donors (Lipinski definition) is 2. The highest BCUT2D eigenvalue weighted by molar-refractivity contribution is 6.32. The zero-order chi connectivity index (χ0) is 24.2. The molecule has 1 atom stereocenters. The molecule has 1 amide bonds. The number of carbonyl (C=O) groups excluding carboxylic acids is 1. The molecule has 0 radical (unpaired) electrons. The molecule has 0 bridgehead atoms. The van der Waals surface area contributed by atoms with Gasteiger partial charge in [-0.25, -0.2) is 0 Å². The number of aliphatic hydroxyl groups is 1. The summed E-state index contributed by atoms with van der Waals surface area (Å²) in [6.45, 7) is 10.6. The van der Waals surface area contributed by atoms with Gasteiger partial charge in [-0.05, 0) is 57.0 Å². The van der Waals surface area contributed by atoms with Gasteiger partial charge in [0.2, 0.25) is 0 Å².